The molecule has 0 heterocycles. The summed E-state index contributed by atoms with van der Waals surface area (Å²) in [7, 11) is -1.89. The van der Waals surface area contributed by atoms with Crippen molar-refractivity contribution < 1.29 is 0 Å². The Morgan fingerprint density at radius 1 is 0.957 bits per heavy atom. The maximum Gasteiger partial charge on any atom is 0.00150 e. The molecular formula is C21H30NP. The Labute approximate surface area is 141 Å². The zero-order valence-corrected chi connectivity index (χ0v) is 15.8. The van der Waals surface area contributed by atoms with Crippen molar-refractivity contribution in [2.75, 3.05) is 0 Å². The van der Waals surface area contributed by atoms with Gasteiger partial charge in [-0.25, -0.2) is 0 Å². The van der Waals surface area contributed by atoms with E-state index in [0.717, 1.165) is 0 Å². The molecule has 0 aliphatic heterocycles. The molecule has 3 atom stereocenters. The van der Waals surface area contributed by atoms with Crippen LogP contribution >= 0.6 is 7.05 Å². The Bertz CT molecular complexity index is 656. The van der Waals surface area contributed by atoms with Crippen LogP contribution in [0.25, 0.3) is 0 Å². The summed E-state index contributed by atoms with van der Waals surface area (Å²) in [6, 6.07) is 8.92. The molecule has 0 saturated heterocycles. The van der Waals surface area contributed by atoms with E-state index in [0.29, 0.717) is 29.1 Å². The molecule has 0 aromatic heterocycles. The third kappa shape index (κ3) is 2.78. The standard InChI is InChI=1S/C21H30NP/c1-15(2)23(22,16(3)4)21-12-8-7-11-20(21)19-14-13-17-9-5-6-10-18(17)19/h5-12,15-19,22H,13-14H2,1-4H3. The van der Waals surface area contributed by atoms with Gasteiger partial charge in [0.15, 0.2) is 0 Å². The van der Waals surface area contributed by atoms with Crippen LogP contribution in [-0.4, -0.2) is 11.3 Å². The molecule has 3 unspecified atom stereocenters. The monoisotopic (exact) mass is 327 g/mol. The fourth-order valence-electron chi connectivity index (χ4n) is 4.61. The van der Waals surface area contributed by atoms with Crippen molar-refractivity contribution in [3.63, 3.8) is 0 Å². The molecule has 2 heteroatoms. The summed E-state index contributed by atoms with van der Waals surface area (Å²) in [4.78, 5) is 0. The summed E-state index contributed by atoms with van der Waals surface area (Å²) >= 11 is 0. The molecule has 0 amide bonds. The first-order valence-electron chi connectivity index (χ1n) is 9.04. The molecular weight excluding hydrogens is 297 g/mol. The normalized spacial score (nSPS) is 27.0. The van der Waals surface area contributed by atoms with Gasteiger partial charge in [-0.2, -0.15) is 0 Å². The van der Waals surface area contributed by atoms with Gasteiger partial charge in [-0.15, -0.1) is 0 Å². The molecule has 1 saturated carbocycles. The molecule has 0 spiro atoms. The maximum atomic E-state index is 9.39. The topological polar surface area (TPSA) is 23.9 Å². The van der Waals surface area contributed by atoms with Crippen molar-refractivity contribution in [1.29, 1.82) is 5.16 Å². The van der Waals surface area contributed by atoms with Crippen molar-refractivity contribution in [3.05, 3.63) is 54.1 Å². The van der Waals surface area contributed by atoms with E-state index < -0.39 is 7.05 Å². The van der Waals surface area contributed by atoms with Gasteiger partial charge in [-0.05, 0) is 52.8 Å². The average molecular weight is 327 g/mol. The molecule has 1 fully saturated rings. The van der Waals surface area contributed by atoms with Crippen LogP contribution in [0.5, 0.6) is 0 Å². The highest BCUT2D eigenvalue weighted by Crippen LogP contribution is 2.57. The highest BCUT2D eigenvalue weighted by Gasteiger charge is 2.38. The van der Waals surface area contributed by atoms with Gasteiger partial charge in [0.25, 0.3) is 0 Å². The molecule has 1 aromatic carbocycles. The van der Waals surface area contributed by atoms with E-state index in [9.17, 15) is 5.16 Å². The predicted octanol–water partition coefficient (Wildman–Crippen LogP) is 6.14. The second kappa shape index (κ2) is 6.44. The van der Waals surface area contributed by atoms with E-state index in [1.807, 2.05) is 0 Å². The first kappa shape index (κ1) is 16.8. The third-order valence-electron chi connectivity index (χ3n) is 5.94. The van der Waals surface area contributed by atoms with Crippen LogP contribution < -0.4 is 5.30 Å². The van der Waals surface area contributed by atoms with Gasteiger partial charge in [0.1, 0.15) is 0 Å². The summed E-state index contributed by atoms with van der Waals surface area (Å²) in [5, 5.41) is 10.8. The van der Waals surface area contributed by atoms with Crippen LogP contribution in [0.4, 0.5) is 0 Å². The predicted molar refractivity (Wildman–Crippen MR) is 103 cm³/mol. The number of allylic oxidation sites excluding steroid dienone is 4. The summed E-state index contributed by atoms with van der Waals surface area (Å²) in [5.41, 5.74) is 2.32. The molecule has 2 aliphatic rings. The van der Waals surface area contributed by atoms with Gasteiger partial charge < -0.3 is 5.16 Å². The lowest BCUT2D eigenvalue weighted by atomic mass is 9.82. The number of nitrogens with one attached hydrogen (secondary N) is 1. The lowest BCUT2D eigenvalue weighted by Crippen LogP contribution is -2.25. The summed E-state index contributed by atoms with van der Waals surface area (Å²) in [5.74, 6) is 1.93. The van der Waals surface area contributed by atoms with E-state index in [-0.39, 0.29) is 0 Å². The SMILES string of the molecule is CC(C)P(=N)(c1ccccc1C1CCC2C=CC=CC21)C(C)C. The van der Waals surface area contributed by atoms with E-state index in [2.05, 4.69) is 76.3 Å². The van der Waals surface area contributed by atoms with Crippen LogP contribution in [0.1, 0.15) is 52.0 Å². The Balaban J connectivity index is 2.07. The van der Waals surface area contributed by atoms with Gasteiger partial charge >= 0.3 is 0 Å². The fraction of sp³-hybridized carbons (Fsp3) is 0.524. The summed E-state index contributed by atoms with van der Waals surface area (Å²) in [6.45, 7) is 8.99. The Kier molecular flexibility index (Phi) is 4.70. The van der Waals surface area contributed by atoms with E-state index >= 15 is 0 Å². The van der Waals surface area contributed by atoms with E-state index in [1.54, 1.807) is 0 Å². The van der Waals surface area contributed by atoms with Crippen LogP contribution in [0.3, 0.4) is 0 Å². The molecule has 3 rings (SSSR count). The van der Waals surface area contributed by atoms with E-state index in [1.165, 1.54) is 23.7 Å². The van der Waals surface area contributed by atoms with Crippen molar-refractivity contribution in [2.24, 2.45) is 11.8 Å². The van der Waals surface area contributed by atoms with Crippen LogP contribution in [0, 0.1) is 17.0 Å². The first-order valence-corrected chi connectivity index (χ1v) is 11.0. The van der Waals surface area contributed by atoms with Crippen LogP contribution in [0.2, 0.25) is 0 Å². The second-order valence-electron chi connectivity index (χ2n) is 7.72. The second-order valence-corrected chi connectivity index (χ2v) is 11.8. The summed E-state index contributed by atoms with van der Waals surface area (Å²) < 4.78 is 0. The van der Waals surface area contributed by atoms with Gasteiger partial charge in [0.05, 0.1) is 0 Å². The minimum atomic E-state index is -1.89. The van der Waals surface area contributed by atoms with Crippen molar-refractivity contribution in [1.82, 2.24) is 0 Å². The number of rotatable bonds is 4. The Morgan fingerprint density at radius 2 is 1.61 bits per heavy atom. The van der Waals surface area contributed by atoms with Gasteiger partial charge in [-0.3, -0.25) is 0 Å². The van der Waals surface area contributed by atoms with Crippen molar-refractivity contribution in [3.8, 4) is 0 Å². The van der Waals surface area contributed by atoms with Crippen molar-refractivity contribution in [2.45, 2.75) is 57.8 Å². The largest absolute Gasteiger partial charge is 0.313 e. The molecule has 124 valence electrons. The quantitative estimate of drug-likeness (QED) is 0.642. The fourth-order valence-corrected chi connectivity index (χ4v) is 7.92. The number of hydrogen-bond donors (Lipinski definition) is 1. The molecule has 1 nitrogen and oxygen atoms in total. The molecule has 1 aromatic rings. The first-order chi connectivity index (χ1) is 11.0. The van der Waals surface area contributed by atoms with Crippen LogP contribution in [0.15, 0.2) is 48.6 Å². The summed E-state index contributed by atoms with van der Waals surface area (Å²) in [6.07, 6.45) is 11.8. The number of benzene rings is 1. The van der Waals surface area contributed by atoms with Crippen LogP contribution in [-0.2, 0) is 0 Å². The minimum absolute atomic E-state index is 0.419. The maximum absolute atomic E-state index is 9.39. The van der Waals surface area contributed by atoms with Gasteiger partial charge in [0.2, 0.25) is 0 Å². The number of fused-ring (bicyclic) bond motifs is 1. The third-order valence-corrected chi connectivity index (χ3v) is 10.4. The van der Waals surface area contributed by atoms with E-state index in [4.69, 9.17) is 0 Å². The molecule has 0 bridgehead atoms. The van der Waals surface area contributed by atoms with Gasteiger partial charge in [0, 0.05) is 7.05 Å². The lowest BCUT2D eigenvalue weighted by Gasteiger charge is -2.35. The molecule has 23 heavy (non-hydrogen) atoms. The lowest BCUT2D eigenvalue weighted by molar-refractivity contribution is 0.509. The molecule has 0 radical (unpaired) electrons. The number of hydrogen-bond acceptors (Lipinski definition) is 1. The van der Waals surface area contributed by atoms with Crippen molar-refractivity contribution >= 4 is 12.4 Å². The van der Waals surface area contributed by atoms with Gasteiger partial charge in [-0.1, -0.05) is 76.3 Å². The highest BCUT2D eigenvalue weighted by molar-refractivity contribution is 7.74. The molecule has 2 aliphatic carbocycles. The minimum Gasteiger partial charge on any atom is -0.313 e. The smallest absolute Gasteiger partial charge is 0.00150 e. The zero-order valence-electron chi connectivity index (χ0n) is 14.9. The Morgan fingerprint density at radius 3 is 2.30 bits per heavy atom. The Hall–Kier alpha value is -1.07. The zero-order chi connectivity index (χ0) is 16.6. The highest BCUT2D eigenvalue weighted by atomic mass is 31.2. The molecule has 1 N–H and O–H groups in total. The average Bonchev–Trinajstić information content (AvgIpc) is 2.97.